The molecule has 2 aromatic rings. The van der Waals surface area contributed by atoms with E-state index in [0.29, 0.717) is 6.54 Å². The van der Waals surface area contributed by atoms with Crippen LogP contribution < -0.4 is 19.5 Å². The van der Waals surface area contributed by atoms with Gasteiger partial charge in [-0.3, -0.25) is 0 Å². The van der Waals surface area contributed by atoms with E-state index in [1.165, 1.54) is 0 Å². The molecule has 25 heavy (non-hydrogen) atoms. The van der Waals surface area contributed by atoms with Crippen molar-refractivity contribution in [2.75, 3.05) is 6.79 Å². The third-order valence-corrected chi connectivity index (χ3v) is 4.67. The van der Waals surface area contributed by atoms with Gasteiger partial charge in [-0.2, -0.15) is 8.78 Å². The van der Waals surface area contributed by atoms with Crippen molar-refractivity contribution in [3.05, 3.63) is 53.1 Å². The summed E-state index contributed by atoms with van der Waals surface area (Å²) in [5.74, 6) is 1.80. The summed E-state index contributed by atoms with van der Waals surface area (Å²) in [6.45, 7) is -1.88. The Morgan fingerprint density at radius 1 is 1.20 bits per heavy atom. The zero-order valence-electron chi connectivity index (χ0n) is 13.6. The maximum Gasteiger partial charge on any atom is 0.387 e. The minimum Gasteiger partial charge on any atom is -0.454 e. The van der Waals surface area contributed by atoms with Crippen LogP contribution in [0, 0.1) is 0 Å². The van der Waals surface area contributed by atoms with Crippen LogP contribution in [0.5, 0.6) is 17.2 Å². The van der Waals surface area contributed by atoms with Gasteiger partial charge in [0.15, 0.2) is 11.5 Å². The van der Waals surface area contributed by atoms with Gasteiger partial charge in [-0.15, -0.1) is 0 Å². The molecule has 2 aromatic carbocycles. The summed E-state index contributed by atoms with van der Waals surface area (Å²) < 4.78 is 40.2. The number of halogens is 2. The topological polar surface area (TPSA) is 39.7 Å². The van der Waals surface area contributed by atoms with E-state index in [4.69, 9.17) is 9.47 Å². The SMILES string of the molecule is FC(F)Oc1ccc2c(c1)CCCC2NCc1cccc2c1OCO2. The van der Waals surface area contributed by atoms with Gasteiger partial charge < -0.3 is 19.5 Å². The largest absolute Gasteiger partial charge is 0.454 e. The van der Waals surface area contributed by atoms with E-state index >= 15 is 0 Å². The highest BCUT2D eigenvalue weighted by Gasteiger charge is 2.22. The van der Waals surface area contributed by atoms with Gasteiger partial charge in [0.25, 0.3) is 0 Å². The standard InChI is InChI=1S/C19H19F2NO3/c20-19(21)25-14-7-8-15-12(9-14)3-1-5-16(15)22-10-13-4-2-6-17-18(13)24-11-23-17/h2,4,6-9,16,19,22H,1,3,5,10-11H2. The molecule has 0 saturated carbocycles. The van der Waals surface area contributed by atoms with Crippen LogP contribution in [0.3, 0.4) is 0 Å². The zero-order valence-corrected chi connectivity index (χ0v) is 13.6. The number of aryl methyl sites for hydroxylation is 1. The van der Waals surface area contributed by atoms with Gasteiger partial charge >= 0.3 is 6.61 Å². The number of alkyl halides is 2. The van der Waals surface area contributed by atoms with Gasteiger partial charge in [0, 0.05) is 18.2 Å². The molecular weight excluding hydrogens is 328 g/mol. The van der Waals surface area contributed by atoms with Crippen molar-refractivity contribution in [1.82, 2.24) is 5.32 Å². The number of nitrogens with one attached hydrogen (secondary N) is 1. The quantitative estimate of drug-likeness (QED) is 0.881. The molecule has 0 fully saturated rings. The van der Waals surface area contributed by atoms with Crippen molar-refractivity contribution < 1.29 is 23.0 Å². The Balaban J connectivity index is 1.49. The molecule has 4 nitrogen and oxygen atoms in total. The van der Waals surface area contributed by atoms with Gasteiger partial charge in [0.05, 0.1) is 0 Å². The second kappa shape index (κ2) is 6.88. The van der Waals surface area contributed by atoms with Gasteiger partial charge in [-0.1, -0.05) is 18.2 Å². The van der Waals surface area contributed by atoms with Crippen LogP contribution in [0.15, 0.2) is 36.4 Å². The predicted octanol–water partition coefficient (Wildman–Crippen LogP) is 4.18. The number of para-hydroxylation sites is 1. The fraction of sp³-hybridized carbons (Fsp3) is 0.368. The van der Waals surface area contributed by atoms with Crippen molar-refractivity contribution in [3.8, 4) is 17.2 Å². The minimum atomic E-state index is -2.79. The van der Waals surface area contributed by atoms with Crippen molar-refractivity contribution >= 4 is 0 Å². The molecule has 6 heteroatoms. The first-order chi connectivity index (χ1) is 12.2. The summed E-state index contributed by atoms with van der Waals surface area (Å²) >= 11 is 0. The molecule has 2 aliphatic rings. The van der Waals surface area contributed by atoms with Crippen molar-refractivity contribution in [2.45, 2.75) is 38.5 Å². The highest BCUT2D eigenvalue weighted by molar-refractivity contribution is 5.48. The molecule has 1 aliphatic carbocycles. The Labute approximate surface area is 144 Å². The Hall–Kier alpha value is -2.34. The molecule has 4 rings (SSSR count). The van der Waals surface area contributed by atoms with Crippen LogP contribution in [-0.2, 0) is 13.0 Å². The zero-order chi connectivity index (χ0) is 17.2. The number of ether oxygens (including phenoxy) is 3. The summed E-state index contributed by atoms with van der Waals surface area (Å²) in [4.78, 5) is 0. The van der Waals surface area contributed by atoms with Crippen LogP contribution >= 0.6 is 0 Å². The molecule has 1 aliphatic heterocycles. The molecule has 0 radical (unpaired) electrons. The maximum absolute atomic E-state index is 12.4. The third-order valence-electron chi connectivity index (χ3n) is 4.67. The lowest BCUT2D eigenvalue weighted by Gasteiger charge is -2.27. The predicted molar refractivity (Wildman–Crippen MR) is 88.2 cm³/mol. The molecule has 0 spiro atoms. The second-order valence-corrected chi connectivity index (χ2v) is 6.22. The average molecular weight is 347 g/mol. The van der Waals surface area contributed by atoms with Crippen LogP contribution in [0.4, 0.5) is 8.78 Å². The van der Waals surface area contributed by atoms with E-state index in [9.17, 15) is 8.78 Å². The van der Waals surface area contributed by atoms with Crippen molar-refractivity contribution in [2.24, 2.45) is 0 Å². The lowest BCUT2D eigenvalue weighted by Crippen LogP contribution is -2.25. The molecule has 0 aromatic heterocycles. The first kappa shape index (κ1) is 16.1. The van der Waals surface area contributed by atoms with Gasteiger partial charge in [0.1, 0.15) is 5.75 Å². The molecule has 0 saturated heterocycles. The summed E-state index contributed by atoms with van der Waals surface area (Å²) in [5, 5.41) is 3.56. The highest BCUT2D eigenvalue weighted by atomic mass is 19.3. The Morgan fingerprint density at radius 3 is 3.00 bits per heavy atom. The summed E-state index contributed by atoms with van der Waals surface area (Å²) in [6.07, 6.45) is 2.90. The number of hydrogen-bond donors (Lipinski definition) is 1. The molecule has 1 heterocycles. The molecule has 1 atom stereocenters. The molecular formula is C19H19F2NO3. The molecule has 0 amide bonds. The number of fused-ring (bicyclic) bond motifs is 2. The average Bonchev–Trinajstić information content (AvgIpc) is 3.08. The summed E-state index contributed by atoms with van der Waals surface area (Å²) in [7, 11) is 0. The van der Waals surface area contributed by atoms with Crippen LogP contribution in [0.2, 0.25) is 0 Å². The normalized spacial score (nSPS) is 18.3. The van der Waals surface area contributed by atoms with Gasteiger partial charge in [-0.05, 0) is 48.6 Å². The van der Waals surface area contributed by atoms with Crippen molar-refractivity contribution in [3.63, 3.8) is 0 Å². The first-order valence-corrected chi connectivity index (χ1v) is 8.39. The van der Waals surface area contributed by atoms with E-state index in [1.807, 2.05) is 24.3 Å². The first-order valence-electron chi connectivity index (χ1n) is 8.39. The van der Waals surface area contributed by atoms with Gasteiger partial charge in [-0.25, -0.2) is 0 Å². The Morgan fingerprint density at radius 2 is 2.12 bits per heavy atom. The third kappa shape index (κ3) is 3.39. The number of rotatable bonds is 5. The van der Waals surface area contributed by atoms with E-state index in [2.05, 4.69) is 10.1 Å². The smallest absolute Gasteiger partial charge is 0.387 e. The Kier molecular flexibility index (Phi) is 4.44. The fourth-order valence-corrected chi connectivity index (χ4v) is 3.54. The van der Waals surface area contributed by atoms with E-state index in [-0.39, 0.29) is 18.6 Å². The minimum absolute atomic E-state index is 0.183. The molecule has 1 unspecified atom stereocenters. The van der Waals surface area contributed by atoms with Crippen molar-refractivity contribution in [1.29, 1.82) is 0 Å². The van der Waals surface area contributed by atoms with Crippen LogP contribution in [0.1, 0.15) is 35.6 Å². The maximum atomic E-state index is 12.4. The van der Waals surface area contributed by atoms with E-state index in [1.54, 1.807) is 12.1 Å². The molecule has 132 valence electrons. The number of hydrogen-bond acceptors (Lipinski definition) is 4. The highest BCUT2D eigenvalue weighted by Crippen LogP contribution is 2.37. The van der Waals surface area contributed by atoms with E-state index in [0.717, 1.165) is 47.5 Å². The molecule has 1 N–H and O–H groups in total. The summed E-state index contributed by atoms with van der Waals surface area (Å²) in [5.41, 5.74) is 3.28. The second-order valence-electron chi connectivity index (χ2n) is 6.22. The van der Waals surface area contributed by atoms with Crippen LogP contribution in [-0.4, -0.2) is 13.4 Å². The van der Waals surface area contributed by atoms with E-state index < -0.39 is 6.61 Å². The Bertz CT molecular complexity index is 766. The fourth-order valence-electron chi connectivity index (χ4n) is 3.54. The number of benzene rings is 2. The van der Waals surface area contributed by atoms with Crippen LogP contribution in [0.25, 0.3) is 0 Å². The monoisotopic (exact) mass is 347 g/mol. The lowest BCUT2D eigenvalue weighted by atomic mass is 9.87. The molecule has 0 bridgehead atoms. The van der Waals surface area contributed by atoms with Gasteiger partial charge in [0.2, 0.25) is 6.79 Å². The lowest BCUT2D eigenvalue weighted by molar-refractivity contribution is -0.0499. The summed E-state index contributed by atoms with van der Waals surface area (Å²) in [6, 6.07) is 11.3.